The van der Waals surface area contributed by atoms with Crippen LogP contribution in [0.15, 0.2) is 30.7 Å². The van der Waals surface area contributed by atoms with Gasteiger partial charge in [-0.15, -0.1) is 0 Å². The van der Waals surface area contributed by atoms with Gasteiger partial charge in [-0.2, -0.15) is 0 Å². The highest BCUT2D eigenvalue weighted by molar-refractivity contribution is 5.84. The van der Waals surface area contributed by atoms with Gasteiger partial charge >= 0.3 is 0 Å². The molecule has 0 amide bonds. The van der Waals surface area contributed by atoms with Crippen molar-refractivity contribution in [2.45, 2.75) is 18.2 Å². The van der Waals surface area contributed by atoms with Crippen LogP contribution in [-0.2, 0) is 0 Å². The number of nitrogen functional groups attached to an aromatic ring is 1. The lowest BCUT2D eigenvalue weighted by molar-refractivity contribution is 0.0376. The lowest BCUT2D eigenvalue weighted by atomic mass is 10.2. The minimum Gasteiger partial charge on any atom is -0.388 e. The summed E-state index contributed by atoms with van der Waals surface area (Å²) in [5, 5.41) is 19.3. The molecule has 0 fully saturated rings. The maximum atomic E-state index is 9.85. The van der Waals surface area contributed by atoms with Crippen LogP contribution in [0.1, 0.15) is 6.04 Å². The van der Waals surface area contributed by atoms with Gasteiger partial charge in [-0.3, -0.25) is 0 Å². The van der Waals surface area contributed by atoms with Gasteiger partial charge in [-0.1, -0.05) is 12.2 Å². The molecular weight excluding hydrogens is 220 g/mol. The van der Waals surface area contributed by atoms with Crippen molar-refractivity contribution >= 4 is 16.9 Å². The van der Waals surface area contributed by atoms with Gasteiger partial charge < -0.3 is 20.5 Å². The van der Waals surface area contributed by atoms with Crippen LogP contribution >= 0.6 is 0 Å². The Kier molecular flexibility index (Phi) is 2.13. The molecule has 2 aromatic heterocycles. The molecule has 0 aliphatic heterocycles. The average molecular weight is 232 g/mol. The summed E-state index contributed by atoms with van der Waals surface area (Å²) >= 11 is 0. The molecule has 2 heterocycles. The monoisotopic (exact) mass is 232 g/mol. The Hall–Kier alpha value is -1.92. The fourth-order valence-corrected chi connectivity index (χ4v) is 2.13. The second kappa shape index (κ2) is 3.54. The first kappa shape index (κ1) is 10.2. The Morgan fingerprint density at radius 3 is 2.76 bits per heavy atom. The molecule has 6 nitrogen and oxygen atoms in total. The van der Waals surface area contributed by atoms with E-state index in [-0.39, 0.29) is 6.04 Å². The summed E-state index contributed by atoms with van der Waals surface area (Å²) in [6.07, 6.45) is 4.83. The SMILES string of the molecule is Nc1nccc2c1ncn2[C@@H]1C=C[C@@H](O)C1O. The van der Waals surface area contributed by atoms with Crippen LogP contribution in [0.2, 0.25) is 0 Å². The predicted molar refractivity (Wildman–Crippen MR) is 62.1 cm³/mol. The average Bonchev–Trinajstić information content (AvgIpc) is 2.86. The summed E-state index contributed by atoms with van der Waals surface area (Å²) < 4.78 is 1.78. The summed E-state index contributed by atoms with van der Waals surface area (Å²) in [7, 11) is 0. The van der Waals surface area contributed by atoms with Crippen molar-refractivity contribution in [1.82, 2.24) is 14.5 Å². The number of hydrogen-bond acceptors (Lipinski definition) is 5. The van der Waals surface area contributed by atoms with Gasteiger partial charge in [0.05, 0.1) is 17.9 Å². The number of anilines is 1. The van der Waals surface area contributed by atoms with Crippen LogP contribution < -0.4 is 5.73 Å². The molecular formula is C11H12N4O2. The van der Waals surface area contributed by atoms with Gasteiger partial charge in [-0.25, -0.2) is 9.97 Å². The maximum Gasteiger partial charge on any atom is 0.151 e. The standard InChI is InChI=1S/C11H12N4O2/c12-11-9-6(3-4-13-11)15(5-14-9)7-1-2-8(16)10(7)17/h1-5,7-8,10,16-17H,(H2,12,13)/t7-,8-,10?/m1/s1. The first-order valence-corrected chi connectivity index (χ1v) is 5.30. The number of nitrogens with zero attached hydrogens (tertiary/aromatic N) is 3. The number of nitrogens with two attached hydrogens (primary N) is 1. The van der Waals surface area contributed by atoms with Crippen molar-refractivity contribution in [2.75, 3.05) is 5.73 Å². The third-order valence-corrected chi connectivity index (χ3v) is 3.05. The van der Waals surface area contributed by atoms with E-state index in [2.05, 4.69) is 9.97 Å². The van der Waals surface area contributed by atoms with E-state index < -0.39 is 12.2 Å². The fourth-order valence-electron chi connectivity index (χ4n) is 2.13. The minimum absolute atomic E-state index is 0.322. The van der Waals surface area contributed by atoms with Crippen molar-refractivity contribution in [3.63, 3.8) is 0 Å². The topological polar surface area (TPSA) is 97.2 Å². The molecule has 88 valence electrons. The van der Waals surface area contributed by atoms with Gasteiger partial charge in [0.2, 0.25) is 0 Å². The van der Waals surface area contributed by atoms with E-state index in [0.717, 1.165) is 5.52 Å². The van der Waals surface area contributed by atoms with Gasteiger partial charge in [0.1, 0.15) is 17.7 Å². The molecule has 1 aliphatic carbocycles. The highest BCUT2D eigenvalue weighted by Gasteiger charge is 2.30. The van der Waals surface area contributed by atoms with Crippen molar-refractivity contribution in [1.29, 1.82) is 0 Å². The Morgan fingerprint density at radius 2 is 2.06 bits per heavy atom. The summed E-state index contributed by atoms with van der Waals surface area (Å²) in [5.41, 5.74) is 7.11. The van der Waals surface area contributed by atoms with E-state index in [4.69, 9.17) is 5.73 Å². The first-order valence-electron chi connectivity index (χ1n) is 5.30. The van der Waals surface area contributed by atoms with Gasteiger partial charge in [0.15, 0.2) is 5.82 Å². The zero-order chi connectivity index (χ0) is 12.0. The smallest absolute Gasteiger partial charge is 0.151 e. The lowest BCUT2D eigenvalue weighted by Gasteiger charge is -2.18. The maximum absolute atomic E-state index is 9.85. The number of imidazole rings is 1. The molecule has 1 unspecified atom stereocenters. The summed E-state index contributed by atoms with van der Waals surface area (Å²) in [4.78, 5) is 8.12. The molecule has 6 heteroatoms. The second-order valence-electron chi connectivity index (χ2n) is 4.07. The molecule has 1 aliphatic rings. The van der Waals surface area contributed by atoms with Gasteiger partial charge in [-0.05, 0) is 6.07 Å². The van der Waals surface area contributed by atoms with Crippen molar-refractivity contribution in [2.24, 2.45) is 0 Å². The molecule has 0 radical (unpaired) electrons. The number of aromatic nitrogens is 3. The van der Waals surface area contributed by atoms with E-state index in [0.29, 0.717) is 11.3 Å². The van der Waals surface area contributed by atoms with E-state index in [9.17, 15) is 10.2 Å². The normalized spacial score (nSPS) is 28.0. The second-order valence-corrected chi connectivity index (χ2v) is 4.07. The minimum atomic E-state index is -0.859. The molecule has 0 spiro atoms. The van der Waals surface area contributed by atoms with Crippen LogP contribution in [0.5, 0.6) is 0 Å². The molecule has 4 N–H and O–H groups in total. The molecule has 0 saturated heterocycles. The summed E-state index contributed by atoms with van der Waals surface area (Å²) in [6.45, 7) is 0. The Morgan fingerprint density at radius 1 is 1.24 bits per heavy atom. The third kappa shape index (κ3) is 1.42. The lowest BCUT2D eigenvalue weighted by Crippen LogP contribution is -2.27. The number of hydrogen-bond donors (Lipinski definition) is 3. The first-order chi connectivity index (χ1) is 8.18. The van der Waals surface area contributed by atoms with Crippen LogP contribution in [0.4, 0.5) is 5.82 Å². The van der Waals surface area contributed by atoms with Crippen molar-refractivity contribution < 1.29 is 10.2 Å². The number of pyridine rings is 1. The molecule has 17 heavy (non-hydrogen) atoms. The van der Waals surface area contributed by atoms with E-state index in [1.54, 1.807) is 35.3 Å². The molecule has 3 atom stereocenters. The third-order valence-electron chi connectivity index (χ3n) is 3.05. The molecule has 0 aromatic carbocycles. The molecule has 0 saturated carbocycles. The van der Waals surface area contributed by atoms with E-state index >= 15 is 0 Å². The summed E-state index contributed by atoms with van der Waals surface area (Å²) in [6, 6.07) is 1.46. The van der Waals surface area contributed by atoms with Crippen LogP contribution in [-0.4, -0.2) is 37.0 Å². The quantitative estimate of drug-likeness (QED) is 0.594. The summed E-state index contributed by atoms with van der Waals surface area (Å²) in [5.74, 6) is 0.360. The Bertz CT molecular complexity index is 592. The van der Waals surface area contributed by atoms with Crippen molar-refractivity contribution in [3.8, 4) is 0 Å². The Labute approximate surface area is 97.0 Å². The number of rotatable bonds is 1. The largest absolute Gasteiger partial charge is 0.388 e. The zero-order valence-electron chi connectivity index (χ0n) is 8.93. The highest BCUT2D eigenvalue weighted by atomic mass is 16.3. The van der Waals surface area contributed by atoms with E-state index in [1.807, 2.05) is 0 Å². The van der Waals surface area contributed by atoms with Crippen LogP contribution in [0, 0.1) is 0 Å². The number of aliphatic hydroxyl groups excluding tert-OH is 2. The molecule has 2 aromatic rings. The van der Waals surface area contributed by atoms with Crippen molar-refractivity contribution in [3.05, 3.63) is 30.7 Å². The van der Waals surface area contributed by atoms with Gasteiger partial charge in [0.25, 0.3) is 0 Å². The van der Waals surface area contributed by atoms with Crippen LogP contribution in [0.3, 0.4) is 0 Å². The van der Waals surface area contributed by atoms with E-state index in [1.165, 1.54) is 0 Å². The fraction of sp³-hybridized carbons (Fsp3) is 0.273. The zero-order valence-corrected chi connectivity index (χ0v) is 8.93. The number of fused-ring (bicyclic) bond motifs is 1. The van der Waals surface area contributed by atoms with Crippen LogP contribution in [0.25, 0.3) is 11.0 Å². The molecule has 0 bridgehead atoms. The highest BCUT2D eigenvalue weighted by Crippen LogP contribution is 2.28. The molecule has 3 rings (SSSR count). The number of aliphatic hydroxyl groups is 2. The Balaban J connectivity index is 2.13. The predicted octanol–water partition coefficient (Wildman–Crippen LogP) is -0.154. The van der Waals surface area contributed by atoms with Gasteiger partial charge in [0, 0.05) is 6.20 Å².